The molecule has 0 saturated heterocycles. The summed E-state index contributed by atoms with van der Waals surface area (Å²) in [6.45, 7) is 0. The lowest BCUT2D eigenvalue weighted by Gasteiger charge is -1.90. The maximum absolute atomic E-state index is 2.00. The van der Waals surface area contributed by atoms with E-state index in [0.29, 0.717) is 0 Å². The average Bonchev–Trinajstić information content (AvgIpc) is 2.39. The predicted octanol–water partition coefficient (Wildman–Crippen LogP) is 6.80. The Morgan fingerprint density at radius 3 is 0.111 bits per heavy atom. The van der Waals surface area contributed by atoms with E-state index in [9.17, 15) is 0 Å². The van der Waals surface area contributed by atoms with Crippen molar-refractivity contribution in [2.24, 2.45) is 0 Å². The Kier molecular flexibility index (Phi) is 288. The molecule has 0 aromatic heterocycles. The minimum absolute atomic E-state index is 0. The van der Waals surface area contributed by atoms with E-state index < -0.39 is 0 Å². The third kappa shape index (κ3) is 6460. The van der Waals surface area contributed by atoms with E-state index in [2.05, 4.69) is 0 Å². The van der Waals surface area contributed by atoms with Crippen molar-refractivity contribution in [3.05, 3.63) is 0 Å². The first kappa shape index (κ1) is 117. The Balaban J connectivity index is -0.0000000111. The van der Waals surface area contributed by atoms with Crippen LogP contribution in [0, 0.1) is 0 Å². The van der Waals surface area contributed by atoms with Gasteiger partial charge in [0, 0.05) is 0 Å². The van der Waals surface area contributed by atoms with Crippen LogP contribution in [0.25, 0.3) is 0 Å². The summed E-state index contributed by atoms with van der Waals surface area (Å²) in [4.78, 5) is 18.0. The second kappa shape index (κ2) is 110. The first-order valence-corrected chi connectivity index (χ1v) is 12.1. The van der Waals surface area contributed by atoms with Crippen LogP contribution in [0.1, 0.15) is 0 Å². The summed E-state index contributed by atoms with van der Waals surface area (Å²) in [5.74, 6) is 0. The summed E-state index contributed by atoms with van der Waals surface area (Å²) in [5, 5.41) is 0. The van der Waals surface area contributed by atoms with Gasteiger partial charge in [-0.15, -0.1) is 153 Å². The quantitative estimate of drug-likeness (QED) is 0.260. The van der Waals surface area contributed by atoms with Gasteiger partial charge in [-0.25, -0.2) is 0 Å². The first-order valence-electron chi connectivity index (χ1n) is 12.1. The van der Waals surface area contributed by atoms with E-state index in [1.807, 2.05) is 234 Å². The van der Waals surface area contributed by atoms with Crippen LogP contribution in [0.2, 0.25) is 0 Å². The van der Waals surface area contributed by atoms with Crippen molar-refractivity contribution in [1.29, 1.82) is 0 Å². The molecule has 0 aromatic rings. The highest BCUT2D eigenvalue weighted by molar-refractivity contribution is 8.94. The summed E-state index contributed by atoms with van der Waals surface area (Å²) in [5.41, 5.74) is 0. The largest absolute Gasteiger partial charge is 0.312 e. The molecule has 0 atom stereocenters. The monoisotopic (exact) mass is 1250 g/mol. The Labute approximate surface area is 383 Å². The topological polar surface area (TPSA) is 29.2 Å². The van der Waals surface area contributed by atoms with Gasteiger partial charge in [0.05, 0.1) is 0 Å². The highest BCUT2D eigenvalue weighted by Gasteiger charge is 1.61. The molecule has 0 heterocycles. The zero-order chi connectivity index (χ0) is 32.2. The molecule has 0 radical (unpaired) electrons. The van der Waals surface area contributed by atoms with Gasteiger partial charge in [-0.1, -0.05) is 0 Å². The fraction of sp³-hybridized carbons (Fsp3) is 1.00. The van der Waals surface area contributed by atoms with Crippen LogP contribution in [-0.2, 0) is 0 Å². The zero-order valence-electron chi connectivity index (χ0n) is 34.7. The van der Waals surface area contributed by atoms with Gasteiger partial charge in [-0.05, 0) is 190 Å². The molecule has 0 rings (SSSR count). The van der Waals surface area contributed by atoms with Crippen molar-refractivity contribution in [3.8, 4) is 0 Å². The van der Waals surface area contributed by atoms with Crippen LogP contribution in [0.4, 0.5) is 0 Å². The van der Waals surface area contributed by atoms with Gasteiger partial charge in [0.1, 0.15) is 0 Å². The van der Waals surface area contributed by atoms with Gasteiger partial charge in [-0.2, -0.15) is 0 Å². The van der Waals surface area contributed by atoms with E-state index in [-0.39, 0.29) is 153 Å². The average molecular weight is 1260 g/mol. The zero-order valence-corrected chi connectivity index (χ0v) is 50.1. The molecule has 0 amide bonds. The number of hydrogen-bond donors (Lipinski definition) is 0. The fourth-order valence-electron chi connectivity index (χ4n) is 0. The van der Waals surface area contributed by atoms with Crippen LogP contribution in [0.5, 0.6) is 0 Å². The van der Waals surface area contributed by atoms with Gasteiger partial charge in [0.2, 0.25) is 0 Å². The third-order valence-corrected chi connectivity index (χ3v) is 0. The molecule has 9 nitrogen and oxygen atoms in total. The van der Waals surface area contributed by atoms with Crippen molar-refractivity contribution in [1.82, 2.24) is 44.1 Å². The highest BCUT2D eigenvalue weighted by Crippen LogP contribution is 1.50. The van der Waals surface area contributed by atoms with Crippen molar-refractivity contribution in [3.63, 3.8) is 0 Å². The normalized spacial score (nSPS) is 7.20. The van der Waals surface area contributed by atoms with Crippen molar-refractivity contribution in [2.75, 3.05) is 190 Å². The molecular formula is C27H90Br9N9. The first-order chi connectivity index (χ1) is 15.6. The molecule has 0 aliphatic heterocycles. The van der Waals surface area contributed by atoms with E-state index in [1.54, 1.807) is 0 Å². The van der Waals surface area contributed by atoms with E-state index in [1.165, 1.54) is 0 Å². The van der Waals surface area contributed by atoms with Crippen molar-refractivity contribution >= 4 is 153 Å². The summed E-state index contributed by atoms with van der Waals surface area (Å²) in [7, 11) is 54.0. The van der Waals surface area contributed by atoms with E-state index >= 15 is 0 Å². The van der Waals surface area contributed by atoms with E-state index in [0.717, 1.165) is 0 Å². The summed E-state index contributed by atoms with van der Waals surface area (Å²) in [6.07, 6.45) is 0. The molecule has 0 aliphatic carbocycles. The molecule has 0 aromatic carbocycles. The predicted molar refractivity (Wildman–Crippen MR) is 269 cm³/mol. The van der Waals surface area contributed by atoms with Gasteiger partial charge < -0.3 is 44.1 Å². The molecule has 0 aliphatic rings. The van der Waals surface area contributed by atoms with Gasteiger partial charge in [0.15, 0.2) is 0 Å². The third-order valence-electron chi connectivity index (χ3n) is 0. The molecule has 0 unspecified atom stereocenters. The van der Waals surface area contributed by atoms with Crippen LogP contribution < -0.4 is 0 Å². The number of halogens is 9. The molecule has 0 saturated carbocycles. The second-order valence-electron chi connectivity index (χ2n) is 12.1. The lowest BCUT2D eigenvalue weighted by Crippen LogP contribution is -1.99. The molecule has 0 N–H and O–H groups in total. The van der Waals surface area contributed by atoms with Gasteiger partial charge in [-0.3, -0.25) is 0 Å². The second-order valence-corrected chi connectivity index (χ2v) is 12.1. The molecule has 0 bridgehead atoms. The van der Waals surface area contributed by atoms with Crippen LogP contribution in [-0.4, -0.2) is 234 Å². The minimum atomic E-state index is 0. The Morgan fingerprint density at radius 1 is 0.111 bits per heavy atom. The van der Waals surface area contributed by atoms with Gasteiger partial charge in [0.25, 0.3) is 0 Å². The summed E-state index contributed by atoms with van der Waals surface area (Å²) >= 11 is 0. The molecule has 306 valence electrons. The van der Waals surface area contributed by atoms with Crippen LogP contribution >= 0.6 is 153 Å². The smallest absolute Gasteiger partial charge is 0.0140 e. The minimum Gasteiger partial charge on any atom is -0.312 e. The van der Waals surface area contributed by atoms with Crippen molar-refractivity contribution in [2.45, 2.75) is 0 Å². The lowest BCUT2D eigenvalue weighted by atomic mass is 11.0. The van der Waals surface area contributed by atoms with Crippen LogP contribution in [0.3, 0.4) is 0 Å². The number of nitrogens with zero attached hydrogens (tertiary/aromatic N) is 9. The Bertz CT molecular complexity index is 190. The number of hydrogen-bond acceptors (Lipinski definition) is 9. The van der Waals surface area contributed by atoms with Crippen LogP contribution in [0.15, 0.2) is 0 Å². The number of rotatable bonds is 0. The Morgan fingerprint density at radius 2 is 0.111 bits per heavy atom. The molecule has 18 heteroatoms. The standard InChI is InChI=1S/9C3H9N.9BrH/c9*1-4(2)3;;;;;;;;;/h9*1-3H3;9*1H. The highest BCUT2D eigenvalue weighted by atomic mass is 79.9. The maximum atomic E-state index is 2.00. The molecular weight excluding hydrogens is 1170 g/mol. The SMILES string of the molecule is Br.Br.Br.Br.Br.Br.Br.Br.Br.CN(C)C.CN(C)C.CN(C)C.CN(C)C.CN(C)C.CN(C)C.CN(C)C.CN(C)C.CN(C)C. The lowest BCUT2D eigenvalue weighted by molar-refractivity contribution is 0.505. The molecule has 0 fully saturated rings. The van der Waals surface area contributed by atoms with Crippen molar-refractivity contribution < 1.29 is 0 Å². The molecule has 0 spiro atoms. The fourth-order valence-corrected chi connectivity index (χ4v) is 0. The summed E-state index contributed by atoms with van der Waals surface area (Å²) < 4.78 is 0. The van der Waals surface area contributed by atoms with Gasteiger partial charge >= 0.3 is 0 Å². The molecule has 45 heavy (non-hydrogen) atoms. The Hall–Kier alpha value is 3.96. The maximum Gasteiger partial charge on any atom is -0.0140 e. The summed E-state index contributed by atoms with van der Waals surface area (Å²) in [6, 6.07) is 0. The van der Waals surface area contributed by atoms with E-state index in [4.69, 9.17) is 0 Å².